The lowest BCUT2D eigenvalue weighted by molar-refractivity contribution is -0.124. The summed E-state index contributed by atoms with van der Waals surface area (Å²) >= 11 is 1.62. The van der Waals surface area contributed by atoms with E-state index in [2.05, 4.69) is 10.3 Å². The van der Waals surface area contributed by atoms with Gasteiger partial charge in [0.2, 0.25) is 5.91 Å². The summed E-state index contributed by atoms with van der Waals surface area (Å²) in [4.78, 5) is 30.6. The van der Waals surface area contributed by atoms with Gasteiger partial charge >= 0.3 is 0 Å². The van der Waals surface area contributed by atoms with Gasteiger partial charge in [-0.05, 0) is 37.8 Å². The maximum atomic E-state index is 12.5. The van der Waals surface area contributed by atoms with Crippen LogP contribution in [0.2, 0.25) is 0 Å². The third-order valence-corrected chi connectivity index (χ3v) is 4.88. The van der Waals surface area contributed by atoms with E-state index in [1.54, 1.807) is 28.9 Å². The van der Waals surface area contributed by atoms with Crippen molar-refractivity contribution in [1.82, 2.24) is 15.2 Å². The molecular weight excluding hydrogens is 286 g/mol. The summed E-state index contributed by atoms with van der Waals surface area (Å²) in [5, 5.41) is 2.97. The number of carbonyl (C=O) groups excluding carboxylic acids is 2. The number of aryl methyl sites for hydroxylation is 1. The zero-order valence-corrected chi connectivity index (χ0v) is 12.9. The molecule has 2 heterocycles. The molecule has 0 spiro atoms. The lowest BCUT2D eigenvalue weighted by atomic mass is 10.2. The highest BCUT2D eigenvalue weighted by Crippen LogP contribution is 2.28. The molecule has 6 heteroatoms. The summed E-state index contributed by atoms with van der Waals surface area (Å²) < 4.78 is 0. The number of thioether (sulfide) groups is 1. The number of pyridine rings is 1. The van der Waals surface area contributed by atoms with Crippen LogP contribution in [0.25, 0.3) is 0 Å². The van der Waals surface area contributed by atoms with Crippen LogP contribution in [0.1, 0.15) is 28.9 Å². The fourth-order valence-corrected chi connectivity index (χ4v) is 3.46. The van der Waals surface area contributed by atoms with Crippen LogP contribution in [0.3, 0.4) is 0 Å². The maximum Gasteiger partial charge on any atom is 0.256 e. The summed E-state index contributed by atoms with van der Waals surface area (Å²) in [6.45, 7) is 2.63. The Bertz CT molecular complexity index is 542. The minimum Gasteiger partial charge on any atom is -0.354 e. The van der Waals surface area contributed by atoms with Crippen LogP contribution in [0.15, 0.2) is 18.3 Å². The summed E-state index contributed by atoms with van der Waals surface area (Å²) in [6, 6.07) is 3.23. The molecule has 1 aromatic rings. The van der Waals surface area contributed by atoms with Gasteiger partial charge in [-0.15, -0.1) is 11.8 Å². The third kappa shape index (κ3) is 3.37. The Morgan fingerprint density at radius 2 is 2.24 bits per heavy atom. The molecule has 1 atom stereocenters. The second-order valence-corrected chi connectivity index (χ2v) is 6.67. The Kier molecular flexibility index (Phi) is 4.14. The molecule has 2 fully saturated rings. The Morgan fingerprint density at radius 3 is 2.90 bits per heavy atom. The van der Waals surface area contributed by atoms with Gasteiger partial charge in [-0.1, -0.05) is 0 Å². The minimum atomic E-state index is -0.359. The number of hydrogen-bond acceptors (Lipinski definition) is 4. The summed E-state index contributed by atoms with van der Waals surface area (Å²) in [5.74, 6) is 1.74. The monoisotopic (exact) mass is 305 g/mol. The van der Waals surface area contributed by atoms with Crippen molar-refractivity contribution in [3.05, 3.63) is 29.6 Å². The highest BCUT2D eigenvalue weighted by molar-refractivity contribution is 7.99. The van der Waals surface area contributed by atoms with Crippen molar-refractivity contribution < 1.29 is 9.59 Å². The molecule has 1 saturated heterocycles. The molecule has 2 amide bonds. The van der Waals surface area contributed by atoms with E-state index in [0.29, 0.717) is 23.1 Å². The van der Waals surface area contributed by atoms with Gasteiger partial charge < -0.3 is 10.2 Å². The van der Waals surface area contributed by atoms with Crippen LogP contribution >= 0.6 is 11.8 Å². The first-order valence-electron chi connectivity index (χ1n) is 7.24. The summed E-state index contributed by atoms with van der Waals surface area (Å²) in [7, 11) is 0. The molecule has 0 bridgehead atoms. The number of amides is 2. The molecule has 0 aromatic carbocycles. The quantitative estimate of drug-likeness (QED) is 0.914. The molecule has 3 rings (SSSR count). The average molecular weight is 305 g/mol. The van der Waals surface area contributed by atoms with Gasteiger partial charge in [-0.25, -0.2) is 0 Å². The van der Waals surface area contributed by atoms with E-state index in [-0.39, 0.29) is 17.9 Å². The first-order chi connectivity index (χ1) is 10.1. The van der Waals surface area contributed by atoms with Crippen molar-refractivity contribution >= 4 is 23.6 Å². The molecule has 5 nitrogen and oxygen atoms in total. The molecule has 1 N–H and O–H groups in total. The summed E-state index contributed by atoms with van der Waals surface area (Å²) in [6.07, 6.45) is 3.99. The van der Waals surface area contributed by atoms with Gasteiger partial charge in [-0.3, -0.25) is 14.6 Å². The Morgan fingerprint density at radius 1 is 1.43 bits per heavy atom. The molecule has 0 radical (unpaired) electrons. The zero-order chi connectivity index (χ0) is 14.8. The van der Waals surface area contributed by atoms with Crippen LogP contribution in [0, 0.1) is 12.8 Å². The van der Waals surface area contributed by atoms with Crippen molar-refractivity contribution in [2.45, 2.75) is 25.8 Å². The number of nitrogens with one attached hydrogen (secondary N) is 1. The minimum absolute atomic E-state index is 0.0275. The van der Waals surface area contributed by atoms with E-state index >= 15 is 0 Å². The van der Waals surface area contributed by atoms with E-state index in [9.17, 15) is 9.59 Å². The lowest BCUT2D eigenvalue weighted by Gasteiger charge is -2.23. The fourth-order valence-electron chi connectivity index (χ4n) is 2.30. The van der Waals surface area contributed by atoms with E-state index in [0.717, 1.165) is 12.2 Å². The van der Waals surface area contributed by atoms with Crippen molar-refractivity contribution in [2.24, 2.45) is 5.92 Å². The molecule has 112 valence electrons. The summed E-state index contributed by atoms with van der Waals surface area (Å²) in [5.41, 5.74) is 1.42. The lowest BCUT2D eigenvalue weighted by Crippen LogP contribution is -2.47. The Hall–Kier alpha value is -1.56. The Labute approximate surface area is 128 Å². The number of nitrogens with zero attached hydrogens (tertiary/aromatic N) is 2. The van der Waals surface area contributed by atoms with Crippen molar-refractivity contribution in [1.29, 1.82) is 0 Å². The van der Waals surface area contributed by atoms with Gasteiger partial charge in [0.15, 0.2) is 0 Å². The van der Waals surface area contributed by atoms with Gasteiger partial charge in [0, 0.05) is 24.2 Å². The van der Waals surface area contributed by atoms with Gasteiger partial charge in [-0.2, -0.15) is 0 Å². The van der Waals surface area contributed by atoms with Crippen LogP contribution in [-0.4, -0.2) is 45.9 Å². The first kappa shape index (κ1) is 14.4. The van der Waals surface area contributed by atoms with Crippen molar-refractivity contribution in [2.75, 3.05) is 18.2 Å². The number of rotatable bonds is 4. The topological polar surface area (TPSA) is 62.3 Å². The normalized spacial score (nSPS) is 21.4. The van der Waals surface area contributed by atoms with E-state index < -0.39 is 0 Å². The molecule has 21 heavy (non-hydrogen) atoms. The fraction of sp³-hybridized carbons (Fsp3) is 0.533. The Balaban J connectivity index is 1.66. The molecule has 1 saturated carbocycles. The highest BCUT2D eigenvalue weighted by Gasteiger charge is 2.35. The van der Waals surface area contributed by atoms with Crippen LogP contribution < -0.4 is 5.32 Å². The standard InChI is InChI=1S/C15H19N3O2S/c1-10-2-5-12(7-16-10)15(20)18-9-21-8-13(18)14(19)17-6-11-3-4-11/h2,5,7,11,13H,3-4,6,8-9H2,1H3,(H,17,19). The van der Waals surface area contributed by atoms with Crippen LogP contribution in [0.4, 0.5) is 0 Å². The maximum absolute atomic E-state index is 12.5. The predicted molar refractivity (Wildman–Crippen MR) is 82.0 cm³/mol. The van der Waals surface area contributed by atoms with Crippen molar-refractivity contribution in [3.63, 3.8) is 0 Å². The number of carbonyl (C=O) groups is 2. The average Bonchev–Trinajstić information content (AvgIpc) is 3.19. The van der Waals surface area contributed by atoms with E-state index in [1.807, 2.05) is 13.0 Å². The molecule has 1 aliphatic carbocycles. The SMILES string of the molecule is Cc1ccc(C(=O)N2CSCC2C(=O)NCC2CC2)cn1. The molecule has 1 aliphatic heterocycles. The van der Waals surface area contributed by atoms with E-state index in [1.165, 1.54) is 12.8 Å². The molecular formula is C15H19N3O2S. The third-order valence-electron chi connectivity index (χ3n) is 3.87. The van der Waals surface area contributed by atoms with Gasteiger partial charge in [0.1, 0.15) is 6.04 Å². The van der Waals surface area contributed by atoms with Crippen LogP contribution in [0.5, 0.6) is 0 Å². The van der Waals surface area contributed by atoms with Crippen LogP contribution in [-0.2, 0) is 4.79 Å². The van der Waals surface area contributed by atoms with Crippen molar-refractivity contribution in [3.8, 4) is 0 Å². The first-order valence-corrected chi connectivity index (χ1v) is 8.39. The molecule has 1 aromatic heterocycles. The second-order valence-electron chi connectivity index (χ2n) is 5.67. The van der Waals surface area contributed by atoms with Gasteiger partial charge in [0.05, 0.1) is 11.4 Å². The smallest absolute Gasteiger partial charge is 0.256 e. The second kappa shape index (κ2) is 6.05. The number of aromatic nitrogens is 1. The predicted octanol–water partition coefficient (Wildman–Crippen LogP) is 1.43. The molecule has 1 unspecified atom stereocenters. The van der Waals surface area contributed by atoms with E-state index in [4.69, 9.17) is 0 Å². The zero-order valence-electron chi connectivity index (χ0n) is 12.0. The van der Waals surface area contributed by atoms with Gasteiger partial charge in [0.25, 0.3) is 5.91 Å². The number of hydrogen-bond donors (Lipinski definition) is 1. The largest absolute Gasteiger partial charge is 0.354 e. The highest BCUT2D eigenvalue weighted by atomic mass is 32.2. The molecule has 2 aliphatic rings.